The summed E-state index contributed by atoms with van der Waals surface area (Å²) in [6.07, 6.45) is 3.96. The number of allylic oxidation sites excluding steroid dienone is 1. The van der Waals surface area contributed by atoms with Crippen molar-refractivity contribution in [1.29, 1.82) is 0 Å². The van der Waals surface area contributed by atoms with Gasteiger partial charge >= 0.3 is 0 Å². The molecule has 0 bridgehead atoms. The quantitative estimate of drug-likeness (QED) is 0.646. The van der Waals surface area contributed by atoms with Gasteiger partial charge in [0.2, 0.25) is 0 Å². The minimum Gasteiger partial charge on any atom is -0.501 e. The number of nitrogens with two attached hydrogens (primary N) is 1. The van der Waals surface area contributed by atoms with Crippen molar-refractivity contribution in [2.75, 3.05) is 13.2 Å². The van der Waals surface area contributed by atoms with Crippen LogP contribution in [0.1, 0.15) is 40.5 Å². The molecule has 2 heteroatoms. The molecule has 0 heterocycles. The summed E-state index contributed by atoms with van der Waals surface area (Å²) in [7, 11) is 0. The number of hydrogen-bond acceptors (Lipinski definition) is 2. The van der Waals surface area contributed by atoms with Crippen LogP contribution in [-0.2, 0) is 4.74 Å². The zero-order valence-electron chi connectivity index (χ0n) is 9.39. The molecule has 0 spiro atoms. The lowest BCUT2D eigenvalue weighted by atomic mass is 9.85. The number of ether oxygens (including phenoxy) is 1. The van der Waals surface area contributed by atoms with Crippen molar-refractivity contribution in [3.8, 4) is 0 Å². The predicted octanol–water partition coefficient (Wildman–Crippen LogP) is 2.69. The van der Waals surface area contributed by atoms with Gasteiger partial charge in [0.1, 0.15) is 0 Å². The van der Waals surface area contributed by atoms with Gasteiger partial charge in [-0.2, -0.15) is 0 Å². The number of hydrogen-bond donors (Lipinski definition) is 1. The molecule has 0 aromatic heterocycles. The lowest BCUT2D eigenvalue weighted by Gasteiger charge is -2.26. The van der Waals surface area contributed by atoms with Crippen LogP contribution in [-0.4, -0.2) is 13.2 Å². The van der Waals surface area contributed by atoms with Gasteiger partial charge in [-0.3, -0.25) is 0 Å². The molecule has 0 radical (unpaired) electrons. The summed E-state index contributed by atoms with van der Waals surface area (Å²) >= 11 is 0. The molecule has 78 valence electrons. The fourth-order valence-corrected chi connectivity index (χ4v) is 1.11. The molecule has 0 aliphatic heterocycles. The summed E-state index contributed by atoms with van der Waals surface area (Å²) in [5, 5.41) is 0. The van der Waals surface area contributed by atoms with Crippen LogP contribution in [0, 0.1) is 5.41 Å². The molecule has 0 aromatic carbocycles. The molecule has 0 amide bonds. The third-order valence-corrected chi connectivity index (χ3v) is 2.35. The predicted molar refractivity (Wildman–Crippen MR) is 57.5 cm³/mol. The van der Waals surface area contributed by atoms with E-state index in [0.29, 0.717) is 0 Å². The van der Waals surface area contributed by atoms with Gasteiger partial charge in [-0.25, -0.2) is 0 Å². The summed E-state index contributed by atoms with van der Waals surface area (Å²) < 4.78 is 5.49. The second-order valence-electron chi connectivity index (χ2n) is 4.21. The normalized spacial score (nSPS) is 14.8. The van der Waals surface area contributed by atoms with E-state index in [1.54, 1.807) is 0 Å². The lowest BCUT2D eigenvalue weighted by Crippen LogP contribution is -2.25. The maximum Gasteiger partial charge on any atom is 0.0927 e. The topological polar surface area (TPSA) is 35.2 Å². The molecule has 0 saturated heterocycles. The van der Waals surface area contributed by atoms with E-state index in [1.807, 2.05) is 20.1 Å². The Kier molecular flexibility index (Phi) is 5.80. The molecular weight excluding hydrogens is 162 g/mol. The third-order valence-electron chi connectivity index (χ3n) is 2.35. The van der Waals surface area contributed by atoms with Gasteiger partial charge in [0.15, 0.2) is 0 Å². The summed E-state index contributed by atoms with van der Waals surface area (Å²) in [6, 6.07) is 0. The molecule has 0 aliphatic rings. The van der Waals surface area contributed by atoms with Gasteiger partial charge in [0.25, 0.3) is 0 Å². The fraction of sp³-hybridized carbons (Fsp3) is 0.818. The Morgan fingerprint density at radius 3 is 2.46 bits per heavy atom. The van der Waals surface area contributed by atoms with Crippen molar-refractivity contribution in [1.82, 2.24) is 0 Å². The second-order valence-corrected chi connectivity index (χ2v) is 4.21. The first-order chi connectivity index (χ1) is 6.04. The SMILES string of the molecule is CCC(C)(CCN)COC=C(C)C. The van der Waals surface area contributed by atoms with Crippen LogP contribution in [0.4, 0.5) is 0 Å². The Hall–Kier alpha value is -0.500. The smallest absolute Gasteiger partial charge is 0.0927 e. The van der Waals surface area contributed by atoms with Crippen molar-refractivity contribution in [3.05, 3.63) is 11.8 Å². The van der Waals surface area contributed by atoms with E-state index >= 15 is 0 Å². The molecule has 13 heavy (non-hydrogen) atoms. The third kappa shape index (κ3) is 5.69. The van der Waals surface area contributed by atoms with Crippen LogP contribution in [0.25, 0.3) is 0 Å². The van der Waals surface area contributed by atoms with Gasteiger partial charge in [-0.1, -0.05) is 13.8 Å². The van der Waals surface area contributed by atoms with Gasteiger partial charge in [0.05, 0.1) is 12.9 Å². The molecular formula is C11H23NO. The van der Waals surface area contributed by atoms with Crippen LogP contribution < -0.4 is 5.73 Å². The molecule has 2 nitrogen and oxygen atoms in total. The molecule has 0 rings (SSSR count). The zero-order valence-corrected chi connectivity index (χ0v) is 9.39. The average Bonchev–Trinajstić information content (AvgIpc) is 2.04. The van der Waals surface area contributed by atoms with Crippen LogP contribution in [0.3, 0.4) is 0 Å². The van der Waals surface area contributed by atoms with Gasteiger partial charge in [0, 0.05) is 5.41 Å². The van der Waals surface area contributed by atoms with Gasteiger partial charge in [-0.15, -0.1) is 0 Å². The Bertz CT molecular complexity index is 161. The maximum absolute atomic E-state index is 5.55. The van der Waals surface area contributed by atoms with E-state index in [9.17, 15) is 0 Å². The van der Waals surface area contributed by atoms with Crippen LogP contribution in [0.5, 0.6) is 0 Å². The minimum absolute atomic E-state index is 0.237. The first-order valence-corrected chi connectivity index (χ1v) is 4.99. The van der Waals surface area contributed by atoms with E-state index in [0.717, 1.165) is 26.0 Å². The standard InChI is InChI=1S/C11H23NO/c1-5-11(4,6-7-12)9-13-8-10(2)3/h8H,5-7,9,12H2,1-4H3. The largest absolute Gasteiger partial charge is 0.501 e. The highest BCUT2D eigenvalue weighted by molar-refractivity contribution is 4.87. The van der Waals surface area contributed by atoms with E-state index in [4.69, 9.17) is 10.5 Å². The first kappa shape index (κ1) is 12.5. The molecule has 1 unspecified atom stereocenters. The highest BCUT2D eigenvalue weighted by Gasteiger charge is 2.21. The summed E-state index contributed by atoms with van der Waals surface area (Å²) in [4.78, 5) is 0. The monoisotopic (exact) mass is 185 g/mol. The second kappa shape index (κ2) is 6.03. The zero-order chi connectivity index (χ0) is 10.3. The van der Waals surface area contributed by atoms with Gasteiger partial charge in [-0.05, 0) is 38.8 Å². The van der Waals surface area contributed by atoms with Crippen LogP contribution in [0.2, 0.25) is 0 Å². The molecule has 0 fully saturated rings. The van der Waals surface area contributed by atoms with E-state index in [1.165, 1.54) is 5.57 Å². The molecule has 0 saturated carbocycles. The fourth-order valence-electron chi connectivity index (χ4n) is 1.11. The Labute approximate surface area is 82.2 Å². The van der Waals surface area contributed by atoms with E-state index in [-0.39, 0.29) is 5.41 Å². The van der Waals surface area contributed by atoms with Crippen LogP contribution >= 0.6 is 0 Å². The van der Waals surface area contributed by atoms with Crippen molar-refractivity contribution < 1.29 is 4.74 Å². The van der Waals surface area contributed by atoms with E-state index < -0.39 is 0 Å². The Balaban J connectivity index is 3.90. The van der Waals surface area contributed by atoms with Crippen molar-refractivity contribution in [3.63, 3.8) is 0 Å². The first-order valence-electron chi connectivity index (χ1n) is 4.99. The number of rotatable bonds is 6. The maximum atomic E-state index is 5.55. The van der Waals surface area contributed by atoms with E-state index in [2.05, 4.69) is 13.8 Å². The minimum atomic E-state index is 0.237. The Morgan fingerprint density at radius 2 is 2.08 bits per heavy atom. The lowest BCUT2D eigenvalue weighted by molar-refractivity contribution is 0.111. The van der Waals surface area contributed by atoms with Crippen molar-refractivity contribution >= 4 is 0 Å². The molecule has 0 aromatic rings. The van der Waals surface area contributed by atoms with Crippen molar-refractivity contribution in [2.45, 2.75) is 40.5 Å². The summed E-state index contributed by atoms with van der Waals surface area (Å²) in [5.74, 6) is 0. The highest BCUT2D eigenvalue weighted by Crippen LogP contribution is 2.25. The molecule has 2 N–H and O–H groups in total. The van der Waals surface area contributed by atoms with Crippen LogP contribution in [0.15, 0.2) is 11.8 Å². The summed E-state index contributed by atoms with van der Waals surface area (Å²) in [6.45, 7) is 9.98. The average molecular weight is 185 g/mol. The Morgan fingerprint density at radius 1 is 1.46 bits per heavy atom. The molecule has 1 atom stereocenters. The molecule has 0 aliphatic carbocycles. The van der Waals surface area contributed by atoms with Crippen molar-refractivity contribution in [2.24, 2.45) is 11.1 Å². The summed E-state index contributed by atoms with van der Waals surface area (Å²) in [5.41, 5.74) is 6.99. The van der Waals surface area contributed by atoms with Gasteiger partial charge < -0.3 is 10.5 Å². The highest BCUT2D eigenvalue weighted by atomic mass is 16.5.